The highest BCUT2D eigenvalue weighted by Gasteiger charge is 2.21. The summed E-state index contributed by atoms with van der Waals surface area (Å²) in [4.78, 5) is 12.5. The molecule has 0 unspecified atom stereocenters. The van der Waals surface area contributed by atoms with Crippen LogP contribution >= 0.6 is 0 Å². The fourth-order valence-electron chi connectivity index (χ4n) is 3.03. The Hall–Kier alpha value is -2.10. The highest BCUT2D eigenvalue weighted by Crippen LogP contribution is 2.20. The van der Waals surface area contributed by atoms with E-state index in [2.05, 4.69) is 17.3 Å². The number of aromatic nitrogens is 2. The zero-order chi connectivity index (χ0) is 14.7. The average Bonchev–Trinajstić information content (AvgIpc) is 3.16. The van der Waals surface area contributed by atoms with E-state index in [1.54, 1.807) is 6.20 Å². The molecule has 0 spiro atoms. The third-order valence-electron chi connectivity index (χ3n) is 4.14. The molecule has 0 aliphatic heterocycles. The van der Waals surface area contributed by atoms with Crippen molar-refractivity contribution in [1.29, 1.82) is 0 Å². The number of nitrogens with zero attached hydrogens (tertiary/aromatic N) is 2. The molecule has 0 radical (unpaired) electrons. The number of hydrogen-bond donors (Lipinski definition) is 1. The fourth-order valence-corrected chi connectivity index (χ4v) is 3.03. The van der Waals surface area contributed by atoms with Gasteiger partial charge in [0.15, 0.2) is 0 Å². The largest absolute Gasteiger partial charge is 0.349 e. The first kappa shape index (κ1) is 13.9. The summed E-state index contributed by atoms with van der Waals surface area (Å²) in [6.07, 6.45) is 7.10. The Morgan fingerprint density at radius 2 is 2.00 bits per heavy atom. The molecular formula is C17H21N3O. The van der Waals surface area contributed by atoms with Gasteiger partial charge in [0.1, 0.15) is 0 Å². The van der Waals surface area contributed by atoms with Gasteiger partial charge in [-0.15, -0.1) is 0 Å². The second-order valence-electron chi connectivity index (χ2n) is 5.56. The van der Waals surface area contributed by atoms with Crippen molar-refractivity contribution in [2.45, 2.75) is 45.1 Å². The molecule has 1 fully saturated rings. The Morgan fingerprint density at radius 1 is 1.29 bits per heavy atom. The summed E-state index contributed by atoms with van der Waals surface area (Å²) in [5.74, 6) is 0.0148. The lowest BCUT2D eigenvalue weighted by atomic mass is 10.1. The van der Waals surface area contributed by atoms with Crippen LogP contribution in [-0.2, 0) is 6.42 Å². The SMILES string of the molecule is CCc1c(C(=O)NC2CCCC2)cnn1-c1ccccc1. The molecule has 1 amide bonds. The zero-order valence-electron chi connectivity index (χ0n) is 12.4. The van der Waals surface area contributed by atoms with E-state index in [1.165, 1.54) is 12.8 Å². The van der Waals surface area contributed by atoms with Crippen LogP contribution in [-0.4, -0.2) is 21.7 Å². The summed E-state index contributed by atoms with van der Waals surface area (Å²) >= 11 is 0. The minimum atomic E-state index is 0.0148. The first-order valence-corrected chi connectivity index (χ1v) is 7.72. The summed E-state index contributed by atoms with van der Waals surface area (Å²) in [7, 11) is 0. The quantitative estimate of drug-likeness (QED) is 0.937. The van der Waals surface area contributed by atoms with E-state index in [-0.39, 0.29) is 5.91 Å². The van der Waals surface area contributed by atoms with Crippen LogP contribution in [0.4, 0.5) is 0 Å². The standard InChI is InChI=1S/C17H21N3O/c1-2-16-15(17(21)19-13-8-6-7-9-13)12-18-20(16)14-10-4-3-5-11-14/h3-5,10-13H,2,6-9H2,1H3,(H,19,21). The van der Waals surface area contributed by atoms with Crippen molar-refractivity contribution >= 4 is 5.91 Å². The van der Waals surface area contributed by atoms with Crippen LogP contribution in [0.15, 0.2) is 36.5 Å². The van der Waals surface area contributed by atoms with E-state index in [0.717, 1.165) is 30.6 Å². The van der Waals surface area contributed by atoms with Crippen molar-refractivity contribution in [3.63, 3.8) is 0 Å². The van der Waals surface area contributed by atoms with Crippen molar-refractivity contribution in [2.24, 2.45) is 0 Å². The lowest BCUT2D eigenvalue weighted by molar-refractivity contribution is 0.0937. The van der Waals surface area contributed by atoms with Gasteiger partial charge in [-0.2, -0.15) is 5.10 Å². The van der Waals surface area contributed by atoms with Crippen LogP contribution in [0, 0.1) is 0 Å². The Labute approximate surface area is 125 Å². The minimum Gasteiger partial charge on any atom is -0.349 e. The van der Waals surface area contributed by atoms with E-state index >= 15 is 0 Å². The molecule has 1 aromatic heterocycles. The van der Waals surface area contributed by atoms with Gasteiger partial charge in [-0.3, -0.25) is 4.79 Å². The predicted molar refractivity (Wildman–Crippen MR) is 82.7 cm³/mol. The van der Waals surface area contributed by atoms with Gasteiger partial charge in [0.2, 0.25) is 0 Å². The normalized spacial score (nSPS) is 15.3. The Balaban J connectivity index is 1.86. The summed E-state index contributed by atoms with van der Waals surface area (Å²) in [6, 6.07) is 10.3. The van der Waals surface area contributed by atoms with Crippen molar-refractivity contribution in [3.05, 3.63) is 47.8 Å². The van der Waals surface area contributed by atoms with Gasteiger partial charge < -0.3 is 5.32 Å². The molecular weight excluding hydrogens is 262 g/mol. The Morgan fingerprint density at radius 3 is 2.67 bits per heavy atom. The van der Waals surface area contributed by atoms with E-state index in [1.807, 2.05) is 35.0 Å². The second kappa shape index (κ2) is 6.12. The number of benzene rings is 1. The Bertz CT molecular complexity index is 612. The maximum absolute atomic E-state index is 12.5. The van der Waals surface area contributed by atoms with E-state index < -0.39 is 0 Å². The van der Waals surface area contributed by atoms with Gasteiger partial charge in [0.05, 0.1) is 23.1 Å². The molecule has 2 aromatic rings. The molecule has 21 heavy (non-hydrogen) atoms. The van der Waals surface area contributed by atoms with Crippen LogP contribution in [0.3, 0.4) is 0 Å². The fraction of sp³-hybridized carbons (Fsp3) is 0.412. The highest BCUT2D eigenvalue weighted by molar-refractivity contribution is 5.95. The summed E-state index contributed by atoms with van der Waals surface area (Å²) in [5.41, 5.74) is 2.67. The van der Waals surface area contributed by atoms with Crippen molar-refractivity contribution in [3.8, 4) is 5.69 Å². The molecule has 4 heteroatoms. The summed E-state index contributed by atoms with van der Waals surface area (Å²) < 4.78 is 1.86. The zero-order valence-corrected chi connectivity index (χ0v) is 12.4. The summed E-state index contributed by atoms with van der Waals surface area (Å²) in [5, 5.41) is 7.55. The smallest absolute Gasteiger partial charge is 0.254 e. The molecule has 1 heterocycles. The molecule has 1 aliphatic rings. The van der Waals surface area contributed by atoms with E-state index in [4.69, 9.17) is 0 Å². The van der Waals surface area contributed by atoms with Crippen LogP contribution in [0.2, 0.25) is 0 Å². The molecule has 4 nitrogen and oxygen atoms in total. The summed E-state index contributed by atoms with van der Waals surface area (Å²) in [6.45, 7) is 2.06. The van der Waals surface area contributed by atoms with E-state index in [9.17, 15) is 4.79 Å². The molecule has 0 bridgehead atoms. The van der Waals surface area contributed by atoms with Gasteiger partial charge >= 0.3 is 0 Å². The van der Waals surface area contributed by atoms with Crippen molar-refractivity contribution < 1.29 is 4.79 Å². The van der Waals surface area contributed by atoms with Crippen molar-refractivity contribution in [2.75, 3.05) is 0 Å². The number of carbonyl (C=O) groups excluding carboxylic acids is 1. The monoisotopic (exact) mass is 283 g/mol. The molecule has 0 saturated heterocycles. The molecule has 1 saturated carbocycles. The van der Waals surface area contributed by atoms with Gasteiger partial charge in [-0.1, -0.05) is 38.0 Å². The molecule has 3 rings (SSSR count). The van der Waals surface area contributed by atoms with Crippen LogP contribution in [0.25, 0.3) is 5.69 Å². The molecule has 1 aromatic carbocycles. The van der Waals surface area contributed by atoms with E-state index in [0.29, 0.717) is 11.6 Å². The first-order valence-electron chi connectivity index (χ1n) is 7.72. The van der Waals surface area contributed by atoms with Crippen molar-refractivity contribution in [1.82, 2.24) is 15.1 Å². The first-order chi connectivity index (χ1) is 10.3. The third-order valence-corrected chi connectivity index (χ3v) is 4.14. The Kier molecular flexibility index (Phi) is 4.04. The second-order valence-corrected chi connectivity index (χ2v) is 5.56. The number of para-hydroxylation sites is 1. The van der Waals surface area contributed by atoms with Crippen LogP contribution in [0.5, 0.6) is 0 Å². The lowest BCUT2D eigenvalue weighted by Gasteiger charge is -2.12. The molecule has 1 N–H and O–H groups in total. The molecule has 0 atom stereocenters. The van der Waals surface area contributed by atoms with Crippen LogP contribution in [0.1, 0.15) is 48.7 Å². The van der Waals surface area contributed by atoms with Gasteiger partial charge in [-0.05, 0) is 31.4 Å². The van der Waals surface area contributed by atoms with Gasteiger partial charge in [0.25, 0.3) is 5.91 Å². The maximum atomic E-state index is 12.5. The lowest BCUT2D eigenvalue weighted by Crippen LogP contribution is -2.33. The number of nitrogens with one attached hydrogen (secondary N) is 1. The van der Waals surface area contributed by atoms with Crippen LogP contribution < -0.4 is 5.32 Å². The maximum Gasteiger partial charge on any atom is 0.254 e. The average molecular weight is 283 g/mol. The minimum absolute atomic E-state index is 0.0148. The number of rotatable bonds is 4. The topological polar surface area (TPSA) is 46.9 Å². The number of amides is 1. The van der Waals surface area contributed by atoms with Gasteiger partial charge in [0, 0.05) is 6.04 Å². The number of carbonyl (C=O) groups is 1. The van der Waals surface area contributed by atoms with Gasteiger partial charge in [-0.25, -0.2) is 4.68 Å². The molecule has 110 valence electrons. The predicted octanol–water partition coefficient (Wildman–Crippen LogP) is 3.11. The molecule has 1 aliphatic carbocycles. The highest BCUT2D eigenvalue weighted by atomic mass is 16.1. The third kappa shape index (κ3) is 2.84. The number of hydrogen-bond acceptors (Lipinski definition) is 2.